The fraction of sp³-hybridized carbons (Fsp3) is 0.467. The van der Waals surface area contributed by atoms with Gasteiger partial charge in [0, 0.05) is 10.7 Å². The Balaban J connectivity index is 1.85. The zero-order valence-corrected chi connectivity index (χ0v) is 12.8. The number of ether oxygens (including phenoxy) is 1. The molecular weight excluding hydrogens is 276 g/mol. The monoisotopic (exact) mass is 294 g/mol. The van der Waals surface area contributed by atoms with Gasteiger partial charge in [0.25, 0.3) is 5.91 Å². The summed E-state index contributed by atoms with van der Waals surface area (Å²) in [7, 11) is 0. The van der Waals surface area contributed by atoms with E-state index in [-0.39, 0.29) is 12.5 Å². The molecule has 1 aromatic carbocycles. The lowest BCUT2D eigenvalue weighted by molar-refractivity contribution is -0.123. The number of amides is 1. The van der Waals surface area contributed by atoms with Crippen LogP contribution >= 0.6 is 11.6 Å². The molecule has 0 atom stereocenters. The number of nitrogens with one attached hydrogen (secondary N) is 1. The molecule has 5 heteroatoms. The molecule has 0 spiro atoms. The second-order valence-electron chi connectivity index (χ2n) is 5.22. The van der Waals surface area contributed by atoms with E-state index in [1.807, 2.05) is 32.9 Å². The van der Waals surface area contributed by atoms with Crippen LogP contribution in [0, 0.1) is 19.8 Å². The van der Waals surface area contributed by atoms with Crippen molar-refractivity contribution in [3.8, 4) is 5.75 Å². The molecule has 0 radical (unpaired) electrons. The first kappa shape index (κ1) is 14.9. The van der Waals surface area contributed by atoms with Gasteiger partial charge in [-0.25, -0.2) is 5.43 Å². The van der Waals surface area contributed by atoms with E-state index in [9.17, 15) is 4.79 Å². The van der Waals surface area contributed by atoms with Crippen molar-refractivity contribution < 1.29 is 9.53 Å². The molecule has 0 aromatic heterocycles. The topological polar surface area (TPSA) is 50.7 Å². The van der Waals surface area contributed by atoms with E-state index in [0.717, 1.165) is 21.9 Å². The summed E-state index contributed by atoms with van der Waals surface area (Å²) in [5, 5.41) is 4.79. The van der Waals surface area contributed by atoms with Crippen molar-refractivity contribution in [2.75, 3.05) is 6.61 Å². The zero-order chi connectivity index (χ0) is 14.7. The first-order chi connectivity index (χ1) is 9.47. The van der Waals surface area contributed by atoms with Gasteiger partial charge >= 0.3 is 0 Å². The zero-order valence-electron chi connectivity index (χ0n) is 12.0. The predicted octanol–water partition coefficient (Wildman–Crippen LogP) is 3.24. The van der Waals surface area contributed by atoms with Crippen LogP contribution in [0.5, 0.6) is 5.75 Å². The molecule has 0 heterocycles. The van der Waals surface area contributed by atoms with Crippen LogP contribution in [0.2, 0.25) is 5.02 Å². The van der Waals surface area contributed by atoms with E-state index < -0.39 is 0 Å². The quantitative estimate of drug-likeness (QED) is 0.669. The molecule has 1 saturated carbocycles. The van der Waals surface area contributed by atoms with Gasteiger partial charge in [-0.2, -0.15) is 5.10 Å². The summed E-state index contributed by atoms with van der Waals surface area (Å²) in [5.74, 6) is 0.940. The Labute approximate surface area is 124 Å². The number of hydrazone groups is 1. The van der Waals surface area contributed by atoms with Crippen molar-refractivity contribution in [3.05, 3.63) is 28.3 Å². The van der Waals surface area contributed by atoms with Crippen LogP contribution in [0.1, 0.15) is 30.9 Å². The molecule has 1 aliphatic carbocycles. The second kappa shape index (κ2) is 6.27. The minimum Gasteiger partial charge on any atom is -0.484 e. The van der Waals surface area contributed by atoms with Crippen molar-refractivity contribution in [2.24, 2.45) is 11.0 Å². The fourth-order valence-electron chi connectivity index (χ4n) is 1.91. The third-order valence-corrected chi connectivity index (χ3v) is 3.90. The molecule has 1 aromatic rings. The largest absolute Gasteiger partial charge is 0.484 e. The molecule has 20 heavy (non-hydrogen) atoms. The SMILES string of the molecule is C/C(=N\NC(=O)COc1cc(C)c(Cl)c(C)c1)C1CC1. The number of carbonyl (C=O) groups excluding carboxylic acids is 1. The molecule has 0 aliphatic heterocycles. The summed E-state index contributed by atoms with van der Waals surface area (Å²) in [6.45, 7) is 5.70. The molecule has 1 aliphatic rings. The second-order valence-corrected chi connectivity index (χ2v) is 5.60. The highest BCUT2D eigenvalue weighted by molar-refractivity contribution is 6.32. The van der Waals surface area contributed by atoms with Crippen LogP contribution in [0.25, 0.3) is 0 Å². The maximum absolute atomic E-state index is 11.6. The van der Waals surface area contributed by atoms with E-state index >= 15 is 0 Å². The molecule has 1 fully saturated rings. The van der Waals surface area contributed by atoms with Crippen LogP contribution < -0.4 is 10.2 Å². The normalized spacial score (nSPS) is 15.1. The number of hydrogen-bond donors (Lipinski definition) is 1. The van der Waals surface area contributed by atoms with Crippen LogP contribution in [0.15, 0.2) is 17.2 Å². The van der Waals surface area contributed by atoms with E-state index in [1.54, 1.807) is 0 Å². The predicted molar refractivity (Wildman–Crippen MR) is 80.4 cm³/mol. The van der Waals surface area contributed by atoms with Gasteiger partial charge in [-0.05, 0) is 62.8 Å². The smallest absolute Gasteiger partial charge is 0.277 e. The van der Waals surface area contributed by atoms with Crippen molar-refractivity contribution in [3.63, 3.8) is 0 Å². The summed E-state index contributed by atoms with van der Waals surface area (Å²) >= 11 is 6.08. The van der Waals surface area contributed by atoms with Gasteiger partial charge in [-0.3, -0.25) is 4.79 Å². The highest BCUT2D eigenvalue weighted by Gasteiger charge is 2.24. The third kappa shape index (κ3) is 3.97. The maximum Gasteiger partial charge on any atom is 0.277 e. The lowest BCUT2D eigenvalue weighted by Gasteiger charge is -2.09. The number of carbonyl (C=O) groups is 1. The van der Waals surface area contributed by atoms with Crippen LogP contribution in [0.4, 0.5) is 0 Å². The van der Waals surface area contributed by atoms with Gasteiger partial charge in [0.2, 0.25) is 0 Å². The Morgan fingerprint density at radius 2 is 2.00 bits per heavy atom. The van der Waals surface area contributed by atoms with Crippen LogP contribution in [-0.4, -0.2) is 18.2 Å². The number of benzene rings is 1. The number of aryl methyl sites for hydroxylation is 2. The number of halogens is 1. The fourth-order valence-corrected chi connectivity index (χ4v) is 2.02. The lowest BCUT2D eigenvalue weighted by Crippen LogP contribution is -2.25. The minimum absolute atomic E-state index is 0.0536. The maximum atomic E-state index is 11.6. The van der Waals surface area contributed by atoms with Crippen molar-refractivity contribution >= 4 is 23.2 Å². The van der Waals surface area contributed by atoms with Gasteiger partial charge in [-0.1, -0.05) is 11.6 Å². The Bertz CT molecular complexity index is 528. The van der Waals surface area contributed by atoms with E-state index in [2.05, 4.69) is 10.5 Å². The number of nitrogens with zero attached hydrogens (tertiary/aromatic N) is 1. The number of rotatable bonds is 5. The van der Waals surface area contributed by atoms with Crippen LogP contribution in [-0.2, 0) is 4.79 Å². The summed E-state index contributed by atoms with van der Waals surface area (Å²) < 4.78 is 5.45. The van der Waals surface area contributed by atoms with Crippen LogP contribution in [0.3, 0.4) is 0 Å². The standard InChI is InChI=1S/C15H19ClN2O2/c1-9-6-13(7-10(2)15(9)16)20-8-14(19)18-17-11(3)12-4-5-12/h6-7,12H,4-5,8H2,1-3H3,(H,18,19)/b17-11+. The molecule has 1 amide bonds. The summed E-state index contributed by atoms with van der Waals surface area (Å²) in [6, 6.07) is 3.64. The molecular formula is C15H19ClN2O2. The molecule has 4 nitrogen and oxygen atoms in total. The van der Waals surface area contributed by atoms with Gasteiger partial charge in [-0.15, -0.1) is 0 Å². The molecule has 0 unspecified atom stereocenters. The number of hydrogen-bond acceptors (Lipinski definition) is 3. The van der Waals surface area contributed by atoms with Gasteiger partial charge in [0.15, 0.2) is 6.61 Å². The molecule has 0 bridgehead atoms. The van der Waals surface area contributed by atoms with Gasteiger partial charge in [0.1, 0.15) is 5.75 Å². The van der Waals surface area contributed by atoms with Crippen molar-refractivity contribution in [2.45, 2.75) is 33.6 Å². The Kier molecular flexibility index (Phi) is 4.65. The first-order valence-electron chi connectivity index (χ1n) is 6.70. The highest BCUT2D eigenvalue weighted by atomic mass is 35.5. The molecule has 108 valence electrons. The van der Waals surface area contributed by atoms with E-state index in [1.165, 1.54) is 12.8 Å². The Morgan fingerprint density at radius 3 is 2.55 bits per heavy atom. The summed E-state index contributed by atoms with van der Waals surface area (Å²) in [4.78, 5) is 11.6. The lowest BCUT2D eigenvalue weighted by atomic mass is 10.1. The summed E-state index contributed by atoms with van der Waals surface area (Å²) in [5.41, 5.74) is 5.37. The van der Waals surface area contributed by atoms with Gasteiger partial charge < -0.3 is 4.74 Å². The minimum atomic E-state index is -0.254. The van der Waals surface area contributed by atoms with Crippen molar-refractivity contribution in [1.82, 2.24) is 5.43 Å². The Morgan fingerprint density at radius 1 is 1.40 bits per heavy atom. The van der Waals surface area contributed by atoms with E-state index in [0.29, 0.717) is 11.7 Å². The average Bonchev–Trinajstić information content (AvgIpc) is 3.24. The van der Waals surface area contributed by atoms with Gasteiger partial charge in [0.05, 0.1) is 0 Å². The van der Waals surface area contributed by atoms with E-state index in [4.69, 9.17) is 16.3 Å². The van der Waals surface area contributed by atoms with Crippen molar-refractivity contribution in [1.29, 1.82) is 0 Å². The molecule has 2 rings (SSSR count). The molecule has 0 saturated heterocycles. The highest BCUT2D eigenvalue weighted by Crippen LogP contribution is 2.30. The Hall–Kier alpha value is -1.55. The first-order valence-corrected chi connectivity index (χ1v) is 7.07. The average molecular weight is 295 g/mol. The third-order valence-electron chi connectivity index (χ3n) is 3.31. The molecule has 1 N–H and O–H groups in total. The summed E-state index contributed by atoms with van der Waals surface area (Å²) in [6.07, 6.45) is 2.34.